The lowest BCUT2D eigenvalue weighted by Crippen LogP contribution is -2.13. The number of hydrogen-bond donors (Lipinski definition) is 1. The highest BCUT2D eigenvalue weighted by atomic mass is 35.5. The summed E-state index contributed by atoms with van der Waals surface area (Å²) < 4.78 is 13.2. The number of pyridine rings is 1. The van der Waals surface area contributed by atoms with E-state index in [1.807, 2.05) is 24.3 Å². The molecule has 0 saturated carbocycles. The van der Waals surface area contributed by atoms with Gasteiger partial charge in [0, 0.05) is 10.9 Å². The standard InChI is InChI=1S/C16H10ClFN2O/c17-13-8-10(18)5-6-11(13)15-12(16(19)21)7-9-3-1-2-4-14(9)20-15/h1-8H,(H2,19,21). The van der Waals surface area contributed by atoms with Gasteiger partial charge in [-0.1, -0.05) is 29.8 Å². The Morgan fingerprint density at radius 2 is 1.90 bits per heavy atom. The van der Waals surface area contributed by atoms with Gasteiger partial charge in [0.2, 0.25) is 0 Å². The Morgan fingerprint density at radius 1 is 1.14 bits per heavy atom. The first kappa shape index (κ1) is 13.5. The zero-order valence-corrected chi connectivity index (χ0v) is 11.6. The van der Waals surface area contributed by atoms with Crippen molar-refractivity contribution in [2.45, 2.75) is 0 Å². The van der Waals surface area contributed by atoms with Crippen molar-refractivity contribution < 1.29 is 9.18 Å². The molecule has 0 spiro atoms. The number of benzene rings is 2. The molecule has 0 unspecified atom stereocenters. The van der Waals surface area contributed by atoms with Crippen molar-refractivity contribution >= 4 is 28.4 Å². The first-order chi connectivity index (χ1) is 10.1. The molecule has 0 bridgehead atoms. The van der Waals surface area contributed by atoms with Gasteiger partial charge in [-0.25, -0.2) is 9.37 Å². The van der Waals surface area contributed by atoms with Gasteiger partial charge in [0.25, 0.3) is 5.91 Å². The summed E-state index contributed by atoms with van der Waals surface area (Å²) in [6.45, 7) is 0. The molecule has 0 aliphatic rings. The van der Waals surface area contributed by atoms with E-state index in [1.165, 1.54) is 18.2 Å². The van der Waals surface area contributed by atoms with Crippen LogP contribution < -0.4 is 5.73 Å². The number of fused-ring (bicyclic) bond motifs is 1. The number of rotatable bonds is 2. The maximum absolute atomic E-state index is 13.2. The molecule has 3 aromatic rings. The largest absolute Gasteiger partial charge is 0.366 e. The molecule has 0 saturated heterocycles. The Kier molecular flexibility index (Phi) is 3.31. The summed E-state index contributed by atoms with van der Waals surface area (Å²) in [7, 11) is 0. The van der Waals surface area contributed by atoms with Gasteiger partial charge >= 0.3 is 0 Å². The number of aromatic nitrogens is 1. The van der Waals surface area contributed by atoms with Crippen molar-refractivity contribution in [2.24, 2.45) is 5.73 Å². The Morgan fingerprint density at radius 3 is 2.62 bits per heavy atom. The first-order valence-corrected chi connectivity index (χ1v) is 6.59. The Balaban J connectivity index is 2.34. The van der Waals surface area contributed by atoms with E-state index in [0.717, 1.165) is 5.39 Å². The number of carbonyl (C=O) groups is 1. The minimum Gasteiger partial charge on any atom is -0.366 e. The van der Waals surface area contributed by atoms with Crippen molar-refractivity contribution in [3.63, 3.8) is 0 Å². The maximum atomic E-state index is 13.2. The predicted molar refractivity (Wildman–Crippen MR) is 80.7 cm³/mol. The van der Waals surface area contributed by atoms with Gasteiger partial charge in [0.05, 0.1) is 21.8 Å². The van der Waals surface area contributed by atoms with Crippen LogP contribution in [0, 0.1) is 5.82 Å². The fourth-order valence-electron chi connectivity index (χ4n) is 2.19. The van der Waals surface area contributed by atoms with E-state index < -0.39 is 11.7 Å². The topological polar surface area (TPSA) is 56.0 Å². The molecule has 2 N–H and O–H groups in total. The van der Waals surface area contributed by atoms with Crippen molar-refractivity contribution in [3.05, 3.63) is 64.9 Å². The van der Waals surface area contributed by atoms with Crippen LogP contribution in [0.4, 0.5) is 4.39 Å². The van der Waals surface area contributed by atoms with Crippen molar-refractivity contribution in [1.82, 2.24) is 4.98 Å². The number of halogens is 2. The number of nitrogens with zero attached hydrogens (tertiary/aromatic N) is 1. The van der Waals surface area contributed by atoms with Crippen LogP contribution in [0.1, 0.15) is 10.4 Å². The van der Waals surface area contributed by atoms with Crippen LogP contribution in [0.5, 0.6) is 0 Å². The van der Waals surface area contributed by atoms with E-state index in [4.69, 9.17) is 17.3 Å². The van der Waals surface area contributed by atoms with Gasteiger partial charge in [-0.05, 0) is 30.3 Å². The van der Waals surface area contributed by atoms with E-state index in [0.29, 0.717) is 16.8 Å². The van der Waals surface area contributed by atoms with E-state index in [1.54, 1.807) is 6.07 Å². The number of para-hydroxylation sites is 1. The number of primary amides is 1. The molecule has 0 atom stereocenters. The average Bonchev–Trinajstić information content (AvgIpc) is 2.46. The molecule has 3 nitrogen and oxygen atoms in total. The van der Waals surface area contributed by atoms with Crippen LogP contribution in [0.2, 0.25) is 5.02 Å². The smallest absolute Gasteiger partial charge is 0.250 e. The van der Waals surface area contributed by atoms with Crippen LogP contribution in [0.25, 0.3) is 22.2 Å². The Hall–Kier alpha value is -2.46. The molecule has 104 valence electrons. The second kappa shape index (κ2) is 5.14. The second-order valence-electron chi connectivity index (χ2n) is 4.57. The summed E-state index contributed by atoms with van der Waals surface area (Å²) in [5.41, 5.74) is 7.21. The molecule has 1 aromatic heterocycles. The first-order valence-electron chi connectivity index (χ1n) is 6.21. The normalized spacial score (nSPS) is 10.8. The van der Waals surface area contributed by atoms with Crippen LogP contribution in [0.15, 0.2) is 48.5 Å². The van der Waals surface area contributed by atoms with Crippen molar-refractivity contribution in [1.29, 1.82) is 0 Å². The zero-order chi connectivity index (χ0) is 15.0. The molecule has 2 aromatic carbocycles. The SMILES string of the molecule is NC(=O)c1cc2ccccc2nc1-c1ccc(F)cc1Cl. The highest BCUT2D eigenvalue weighted by molar-refractivity contribution is 6.33. The van der Waals surface area contributed by atoms with Gasteiger partial charge in [-0.3, -0.25) is 4.79 Å². The molecular weight excluding hydrogens is 291 g/mol. The molecule has 0 aliphatic heterocycles. The van der Waals surface area contributed by atoms with Gasteiger partial charge in [-0.15, -0.1) is 0 Å². The third-order valence-electron chi connectivity index (χ3n) is 3.18. The lowest BCUT2D eigenvalue weighted by Gasteiger charge is -2.10. The van der Waals surface area contributed by atoms with E-state index in [2.05, 4.69) is 4.98 Å². The van der Waals surface area contributed by atoms with Crippen molar-refractivity contribution in [3.8, 4) is 11.3 Å². The maximum Gasteiger partial charge on any atom is 0.250 e. The van der Waals surface area contributed by atoms with Crippen LogP contribution in [0.3, 0.4) is 0 Å². The lowest BCUT2D eigenvalue weighted by atomic mass is 10.0. The quantitative estimate of drug-likeness (QED) is 0.782. The summed E-state index contributed by atoms with van der Waals surface area (Å²) in [6, 6.07) is 12.9. The third kappa shape index (κ3) is 2.45. The third-order valence-corrected chi connectivity index (χ3v) is 3.49. The number of hydrogen-bond acceptors (Lipinski definition) is 2. The summed E-state index contributed by atoms with van der Waals surface area (Å²) in [6.07, 6.45) is 0. The molecule has 0 fully saturated rings. The number of amides is 1. The van der Waals surface area contributed by atoms with Crippen LogP contribution in [-0.4, -0.2) is 10.9 Å². The molecule has 0 radical (unpaired) electrons. The fraction of sp³-hybridized carbons (Fsp3) is 0. The van der Waals surface area contributed by atoms with Crippen molar-refractivity contribution in [2.75, 3.05) is 0 Å². The Bertz CT molecular complexity index is 864. The lowest BCUT2D eigenvalue weighted by molar-refractivity contribution is 0.100. The second-order valence-corrected chi connectivity index (χ2v) is 4.97. The molecular formula is C16H10ClFN2O. The molecule has 21 heavy (non-hydrogen) atoms. The monoisotopic (exact) mass is 300 g/mol. The van der Waals surface area contributed by atoms with Crippen LogP contribution >= 0.6 is 11.6 Å². The molecule has 1 heterocycles. The van der Waals surface area contributed by atoms with E-state index >= 15 is 0 Å². The zero-order valence-electron chi connectivity index (χ0n) is 10.8. The summed E-state index contributed by atoms with van der Waals surface area (Å²) in [5.74, 6) is -1.06. The fourth-order valence-corrected chi connectivity index (χ4v) is 2.45. The summed E-state index contributed by atoms with van der Waals surface area (Å²) >= 11 is 6.06. The highest BCUT2D eigenvalue weighted by Gasteiger charge is 2.16. The molecule has 0 aliphatic carbocycles. The van der Waals surface area contributed by atoms with Gasteiger partial charge in [0.15, 0.2) is 0 Å². The molecule has 3 rings (SSSR count). The van der Waals surface area contributed by atoms with Gasteiger partial charge in [0.1, 0.15) is 5.82 Å². The molecule has 1 amide bonds. The summed E-state index contributed by atoms with van der Waals surface area (Å²) in [5, 5.41) is 0.980. The summed E-state index contributed by atoms with van der Waals surface area (Å²) in [4.78, 5) is 16.1. The molecule has 5 heteroatoms. The predicted octanol–water partition coefficient (Wildman–Crippen LogP) is 3.79. The minimum absolute atomic E-state index is 0.181. The number of nitrogens with two attached hydrogens (primary N) is 1. The average molecular weight is 301 g/mol. The van der Waals surface area contributed by atoms with Gasteiger partial charge < -0.3 is 5.73 Å². The van der Waals surface area contributed by atoms with E-state index in [9.17, 15) is 9.18 Å². The van der Waals surface area contributed by atoms with Gasteiger partial charge in [-0.2, -0.15) is 0 Å². The Labute approximate surface area is 125 Å². The van der Waals surface area contributed by atoms with Crippen LogP contribution in [-0.2, 0) is 0 Å². The minimum atomic E-state index is -0.608. The highest BCUT2D eigenvalue weighted by Crippen LogP contribution is 2.31. The van der Waals surface area contributed by atoms with E-state index in [-0.39, 0.29) is 10.6 Å². The number of carbonyl (C=O) groups excluding carboxylic acids is 1.